The van der Waals surface area contributed by atoms with Gasteiger partial charge in [0.25, 0.3) is 0 Å². The molecule has 7 nitrogen and oxygen atoms in total. The van der Waals surface area contributed by atoms with E-state index in [1.165, 1.54) is 18.4 Å². The summed E-state index contributed by atoms with van der Waals surface area (Å²) in [6, 6.07) is 5.70. The Balaban J connectivity index is 2.00. The largest absolute Gasteiger partial charge is 0.464 e. The van der Waals surface area contributed by atoms with E-state index in [9.17, 15) is 23.2 Å². The Labute approximate surface area is 196 Å². The van der Waals surface area contributed by atoms with Crippen LogP contribution in [-0.2, 0) is 16.7 Å². The molecule has 0 aromatic carbocycles. The van der Waals surface area contributed by atoms with Crippen molar-refractivity contribution >= 4 is 34.2 Å². The van der Waals surface area contributed by atoms with E-state index >= 15 is 0 Å². The molecule has 0 radical (unpaired) electrons. The lowest BCUT2D eigenvalue weighted by Crippen LogP contribution is -2.10. The van der Waals surface area contributed by atoms with Crippen molar-refractivity contribution in [1.82, 2.24) is 9.97 Å². The number of thioether (sulfide) groups is 1. The number of hydrogen-bond donors (Lipinski definition) is 1. The molecule has 3 aromatic rings. The fraction of sp³-hybridized carbons (Fsp3) is 0.333. The third kappa shape index (κ3) is 5.85. The third-order valence-corrected chi connectivity index (χ3v) is 6.23. The summed E-state index contributed by atoms with van der Waals surface area (Å²) in [5, 5.41) is 13.1. The van der Waals surface area contributed by atoms with Gasteiger partial charge in [0.1, 0.15) is 27.4 Å². The first-order chi connectivity index (χ1) is 15.8. The summed E-state index contributed by atoms with van der Waals surface area (Å²) in [4.78, 5) is 20.7. The Morgan fingerprint density at radius 2 is 2.15 bits per heavy atom. The molecule has 0 atom stereocenters. The Hall–Kier alpha value is -3.04. The van der Waals surface area contributed by atoms with Gasteiger partial charge in [-0.3, -0.25) is 0 Å². The number of nitriles is 1. The minimum Gasteiger partial charge on any atom is -0.464 e. The number of pyridine rings is 1. The van der Waals surface area contributed by atoms with Gasteiger partial charge >= 0.3 is 12.1 Å². The van der Waals surface area contributed by atoms with Gasteiger partial charge in [-0.2, -0.15) is 18.4 Å². The number of carbonyl (C=O) groups excluding carboxylic acids is 1. The van der Waals surface area contributed by atoms with E-state index in [2.05, 4.69) is 15.3 Å². The number of nitrogens with zero attached hydrogens (tertiary/aromatic N) is 3. The molecule has 0 spiro atoms. The van der Waals surface area contributed by atoms with Gasteiger partial charge in [-0.05, 0) is 31.5 Å². The van der Waals surface area contributed by atoms with Crippen molar-refractivity contribution in [1.29, 1.82) is 5.26 Å². The molecule has 0 aliphatic heterocycles. The molecule has 33 heavy (non-hydrogen) atoms. The topological polar surface area (TPSA) is 101 Å². The number of thiazole rings is 1. The first-order valence-corrected chi connectivity index (χ1v) is 11.7. The van der Waals surface area contributed by atoms with Crippen LogP contribution in [0.1, 0.15) is 46.9 Å². The summed E-state index contributed by atoms with van der Waals surface area (Å²) in [6.07, 6.45) is -2.57. The van der Waals surface area contributed by atoms with E-state index in [0.717, 1.165) is 35.6 Å². The Bertz CT molecular complexity index is 1150. The summed E-state index contributed by atoms with van der Waals surface area (Å²) in [7, 11) is 0. The van der Waals surface area contributed by atoms with Crippen LogP contribution in [0.5, 0.6) is 0 Å². The zero-order chi connectivity index (χ0) is 24.0. The van der Waals surface area contributed by atoms with Gasteiger partial charge in [0, 0.05) is 17.9 Å². The molecule has 3 heterocycles. The first-order valence-electron chi connectivity index (χ1n) is 9.88. The number of aromatic nitrogens is 2. The maximum Gasteiger partial charge on any atom is 0.433 e. The molecule has 174 valence electrons. The fourth-order valence-corrected chi connectivity index (χ4v) is 4.69. The number of nitrogens with one attached hydrogen (secondary N) is 1. The van der Waals surface area contributed by atoms with Crippen molar-refractivity contribution in [2.45, 2.75) is 37.2 Å². The maximum atomic E-state index is 13.5. The lowest BCUT2D eigenvalue weighted by Gasteiger charge is -2.12. The summed E-state index contributed by atoms with van der Waals surface area (Å²) in [6.45, 7) is 4.46. The molecular weight excluding hydrogens is 477 g/mol. The van der Waals surface area contributed by atoms with E-state index in [-0.39, 0.29) is 39.1 Å². The third-order valence-electron chi connectivity index (χ3n) is 4.21. The lowest BCUT2D eigenvalue weighted by atomic mass is 10.1. The number of ether oxygens (including phenoxy) is 1. The van der Waals surface area contributed by atoms with Crippen LogP contribution in [-0.4, -0.2) is 29.1 Å². The van der Waals surface area contributed by atoms with Crippen LogP contribution < -0.4 is 5.32 Å². The molecule has 0 aliphatic rings. The number of rotatable bonds is 9. The number of esters is 1. The minimum absolute atomic E-state index is 0.0125. The second kappa shape index (κ2) is 10.7. The number of anilines is 1. The maximum absolute atomic E-state index is 13.5. The monoisotopic (exact) mass is 496 g/mol. The van der Waals surface area contributed by atoms with E-state index in [0.29, 0.717) is 17.4 Å². The Kier molecular flexibility index (Phi) is 7.99. The minimum atomic E-state index is -4.72. The lowest BCUT2D eigenvalue weighted by molar-refractivity contribution is -0.141. The average Bonchev–Trinajstić information content (AvgIpc) is 3.45. The van der Waals surface area contributed by atoms with E-state index < -0.39 is 17.8 Å². The zero-order valence-corrected chi connectivity index (χ0v) is 19.3. The molecule has 1 N–H and O–H groups in total. The highest BCUT2D eigenvalue weighted by molar-refractivity contribution is 7.98. The second-order valence-electron chi connectivity index (χ2n) is 6.55. The average molecular weight is 497 g/mol. The predicted octanol–water partition coefficient (Wildman–Crippen LogP) is 5.98. The van der Waals surface area contributed by atoms with Crippen molar-refractivity contribution in [3.63, 3.8) is 0 Å². The number of halogens is 3. The van der Waals surface area contributed by atoms with Crippen LogP contribution in [0.2, 0.25) is 0 Å². The smallest absolute Gasteiger partial charge is 0.433 e. The molecule has 0 aliphatic carbocycles. The Morgan fingerprint density at radius 3 is 2.76 bits per heavy atom. The van der Waals surface area contributed by atoms with E-state index in [4.69, 9.17) is 9.15 Å². The summed E-state index contributed by atoms with van der Waals surface area (Å²) < 4.78 is 50.8. The van der Waals surface area contributed by atoms with E-state index in [1.54, 1.807) is 6.92 Å². The highest BCUT2D eigenvalue weighted by Crippen LogP contribution is 2.38. The predicted molar refractivity (Wildman–Crippen MR) is 118 cm³/mol. The molecule has 3 aromatic heterocycles. The molecular formula is C21H19F3N4O3S2. The van der Waals surface area contributed by atoms with Crippen LogP contribution in [0.3, 0.4) is 0 Å². The first kappa shape index (κ1) is 24.6. The highest BCUT2D eigenvalue weighted by Gasteiger charge is 2.35. The SMILES string of the molecule is CCCNc1nc(CSc2nc(C(F)(F)F)cc(-c3ccco3)c2C#N)c(C(=O)OCC)s1. The summed E-state index contributed by atoms with van der Waals surface area (Å²) in [5.74, 6) is -0.434. The van der Waals surface area contributed by atoms with E-state index in [1.807, 2.05) is 13.0 Å². The second-order valence-corrected chi connectivity index (χ2v) is 8.52. The zero-order valence-electron chi connectivity index (χ0n) is 17.7. The van der Waals surface area contributed by atoms with Gasteiger partial charge in [0.2, 0.25) is 0 Å². The molecule has 0 fully saturated rings. The fourth-order valence-electron chi connectivity index (χ4n) is 2.76. The van der Waals surface area contributed by atoms with Gasteiger partial charge < -0.3 is 14.5 Å². The molecule has 0 amide bonds. The van der Waals surface area contributed by atoms with Gasteiger partial charge in [-0.15, -0.1) is 0 Å². The van der Waals surface area contributed by atoms with Crippen LogP contribution in [0, 0.1) is 11.3 Å². The van der Waals surface area contributed by atoms with Crippen molar-refractivity contribution in [2.75, 3.05) is 18.5 Å². The molecule has 12 heteroatoms. The Morgan fingerprint density at radius 1 is 1.36 bits per heavy atom. The van der Waals surface area contributed by atoms with Gasteiger partial charge in [-0.25, -0.2) is 14.8 Å². The highest BCUT2D eigenvalue weighted by atomic mass is 32.2. The van der Waals surface area contributed by atoms with Crippen molar-refractivity contribution in [3.05, 3.63) is 46.3 Å². The molecule has 3 rings (SSSR count). The summed E-state index contributed by atoms with van der Waals surface area (Å²) in [5.41, 5.74) is -0.879. The van der Waals surface area contributed by atoms with Gasteiger partial charge in [0.15, 0.2) is 5.13 Å². The molecule has 0 saturated carbocycles. The normalized spacial score (nSPS) is 11.3. The molecule has 0 saturated heterocycles. The van der Waals surface area contributed by atoms with Crippen LogP contribution in [0.25, 0.3) is 11.3 Å². The number of alkyl halides is 3. The van der Waals surface area contributed by atoms with Crippen molar-refractivity contribution in [2.24, 2.45) is 0 Å². The van der Waals surface area contributed by atoms with Crippen LogP contribution in [0.15, 0.2) is 33.9 Å². The van der Waals surface area contributed by atoms with Crippen LogP contribution in [0.4, 0.5) is 18.3 Å². The number of furan rings is 1. The van der Waals surface area contributed by atoms with Crippen LogP contribution >= 0.6 is 23.1 Å². The quantitative estimate of drug-likeness (QED) is 0.285. The molecule has 0 bridgehead atoms. The summed E-state index contributed by atoms with van der Waals surface area (Å²) >= 11 is 2.00. The van der Waals surface area contributed by atoms with Crippen molar-refractivity contribution < 1.29 is 27.1 Å². The number of hydrogen-bond acceptors (Lipinski definition) is 9. The van der Waals surface area contributed by atoms with Gasteiger partial charge in [0.05, 0.1) is 24.1 Å². The van der Waals surface area contributed by atoms with Gasteiger partial charge in [-0.1, -0.05) is 30.0 Å². The standard InChI is InChI=1S/C21H19F3N4O3S2/c1-3-7-26-20-27-14(17(33-20)19(29)30-4-2)11-32-18-13(10-25)12(15-6-5-8-31-15)9-16(28-18)21(22,23)24/h5-6,8-9H,3-4,7,11H2,1-2H3,(H,26,27). The molecule has 0 unspecified atom stereocenters. The van der Waals surface area contributed by atoms with Crippen molar-refractivity contribution in [3.8, 4) is 17.4 Å². The number of carbonyl (C=O) groups is 1.